The monoisotopic (exact) mass is 870 g/mol. The van der Waals surface area contributed by atoms with Crippen LogP contribution in [0.15, 0.2) is 182 Å². The molecule has 1 N–H and O–H groups in total. The highest BCUT2D eigenvalue weighted by Gasteiger charge is 2.40. The number of fused-ring (bicyclic) bond motifs is 1. The summed E-state index contributed by atoms with van der Waals surface area (Å²) < 4.78 is 40.0. The number of rotatable bonds is 23. The Morgan fingerprint density at radius 2 is 0.923 bits per heavy atom. The zero-order valence-corrected chi connectivity index (χ0v) is 36.5. The predicted octanol–water partition coefficient (Wildman–Crippen LogP) is 9.75. The van der Waals surface area contributed by atoms with Gasteiger partial charge in [-0.3, -0.25) is 4.79 Å². The van der Waals surface area contributed by atoms with Gasteiger partial charge in [0.1, 0.15) is 43.3 Å². The van der Waals surface area contributed by atoms with Crippen LogP contribution < -0.4 is 19.7 Å². The van der Waals surface area contributed by atoms with Crippen LogP contribution in [0.3, 0.4) is 0 Å². The van der Waals surface area contributed by atoms with E-state index in [2.05, 4.69) is 5.32 Å². The number of aromatic nitrogens is 2. The van der Waals surface area contributed by atoms with Crippen molar-refractivity contribution in [1.82, 2.24) is 9.97 Å². The van der Waals surface area contributed by atoms with Crippen LogP contribution >= 0.6 is 0 Å². The van der Waals surface area contributed by atoms with Crippen LogP contribution in [-0.4, -0.2) is 53.4 Å². The summed E-state index contributed by atoms with van der Waals surface area (Å²) in [5.41, 5.74) is 6.21. The molecule has 11 heteroatoms. The van der Waals surface area contributed by atoms with Crippen LogP contribution in [0.5, 0.6) is 11.9 Å². The van der Waals surface area contributed by atoms with Gasteiger partial charge in [0.2, 0.25) is 11.8 Å². The van der Waals surface area contributed by atoms with E-state index in [0.29, 0.717) is 24.7 Å². The summed E-state index contributed by atoms with van der Waals surface area (Å²) in [6.07, 6.45) is -2.06. The van der Waals surface area contributed by atoms with Crippen molar-refractivity contribution in [2.45, 2.75) is 70.9 Å². The van der Waals surface area contributed by atoms with Gasteiger partial charge in [-0.1, -0.05) is 182 Å². The molecular formula is C54H54N4O7. The molecule has 0 spiro atoms. The first-order valence-electron chi connectivity index (χ1n) is 22.0. The smallest absolute Gasteiger partial charge is 0.322 e. The number of carbonyl (C=O) groups is 1. The lowest BCUT2D eigenvalue weighted by Gasteiger charge is -2.40. The maximum atomic E-state index is 14.1. The summed E-state index contributed by atoms with van der Waals surface area (Å²) in [7, 11) is 0. The molecule has 0 fully saturated rings. The zero-order valence-electron chi connectivity index (χ0n) is 36.5. The summed E-state index contributed by atoms with van der Waals surface area (Å²) >= 11 is 0. The molecule has 1 aromatic heterocycles. The Morgan fingerprint density at radius 3 is 1.42 bits per heavy atom. The lowest BCUT2D eigenvalue weighted by molar-refractivity contribution is -0.166. The number of hydrogen-bond donors (Lipinski definition) is 1. The summed E-state index contributed by atoms with van der Waals surface area (Å²) in [5, 5.41) is 3.05. The summed E-state index contributed by atoms with van der Waals surface area (Å²) in [6.45, 7) is 3.82. The Kier molecular flexibility index (Phi) is 15.9. The fourth-order valence-electron chi connectivity index (χ4n) is 7.47. The van der Waals surface area contributed by atoms with Crippen LogP contribution in [0, 0.1) is 0 Å². The van der Waals surface area contributed by atoms with Crippen molar-refractivity contribution in [3.05, 3.63) is 215 Å². The van der Waals surface area contributed by atoms with Gasteiger partial charge in [0.25, 0.3) is 0 Å². The van der Waals surface area contributed by atoms with Gasteiger partial charge in [-0.25, -0.2) is 0 Å². The van der Waals surface area contributed by atoms with Crippen LogP contribution in [0.4, 0.5) is 11.5 Å². The van der Waals surface area contributed by atoms with Crippen LogP contribution in [0.1, 0.15) is 40.3 Å². The van der Waals surface area contributed by atoms with E-state index in [1.54, 1.807) is 0 Å². The quantitative estimate of drug-likeness (QED) is 0.0667. The van der Waals surface area contributed by atoms with Crippen molar-refractivity contribution >= 4 is 17.4 Å². The van der Waals surface area contributed by atoms with Crippen molar-refractivity contribution in [3.8, 4) is 11.9 Å². The lowest BCUT2D eigenvalue weighted by atomic mass is 10.0. The second kappa shape index (κ2) is 23.2. The molecule has 0 unspecified atom stereocenters. The van der Waals surface area contributed by atoms with E-state index in [-0.39, 0.29) is 57.4 Å². The minimum atomic E-state index is -0.719. The molecule has 0 saturated carbocycles. The standard InChI is InChI=1S/C54H54N4O7/c1-40-52(59)55-49-51(56-54(65-38-46-30-18-7-19-31-46)57-53(49)64-37-45-28-16-6-17-29-45)58(40)32-47(61-34-42-22-10-3-11-23-42)50(63-36-44-26-14-5-15-27-44)48(62-35-43-24-12-4-13-25-43)39-60-33-41-20-8-2-9-21-41/h2-31,40,47-48,50H,32-39H2,1H3,(H,55,59)/t40-,47-,48+,50-/m0/s1. The normalized spacial score (nSPS) is 14.8. The molecule has 1 aliphatic rings. The molecule has 8 rings (SSSR count). The van der Waals surface area contributed by atoms with E-state index in [1.807, 2.05) is 194 Å². The Bertz CT molecular complexity index is 2490. The molecule has 6 aromatic carbocycles. The van der Waals surface area contributed by atoms with Crippen molar-refractivity contribution in [1.29, 1.82) is 0 Å². The van der Waals surface area contributed by atoms with E-state index >= 15 is 0 Å². The minimum absolute atomic E-state index is 0.0982. The van der Waals surface area contributed by atoms with Crippen molar-refractivity contribution in [2.75, 3.05) is 23.4 Å². The molecular weight excluding hydrogens is 817 g/mol. The Morgan fingerprint density at radius 1 is 0.508 bits per heavy atom. The van der Waals surface area contributed by atoms with E-state index in [0.717, 1.165) is 33.4 Å². The third-order valence-electron chi connectivity index (χ3n) is 11.0. The third kappa shape index (κ3) is 12.9. The average Bonchev–Trinajstić information content (AvgIpc) is 3.36. The van der Waals surface area contributed by atoms with E-state index in [4.69, 9.17) is 38.4 Å². The van der Waals surface area contributed by atoms with E-state index in [9.17, 15) is 4.79 Å². The molecule has 4 atom stereocenters. The van der Waals surface area contributed by atoms with Gasteiger partial charge in [-0.05, 0) is 40.3 Å². The summed E-state index contributed by atoms with van der Waals surface area (Å²) in [5.74, 6) is 0.356. The number of hydrogen-bond acceptors (Lipinski definition) is 10. The Balaban J connectivity index is 1.18. The largest absolute Gasteiger partial charge is 0.471 e. The third-order valence-corrected chi connectivity index (χ3v) is 11.0. The number of ether oxygens (including phenoxy) is 6. The minimum Gasteiger partial charge on any atom is -0.471 e. The van der Waals surface area contributed by atoms with Gasteiger partial charge in [0, 0.05) is 6.54 Å². The predicted molar refractivity (Wildman–Crippen MR) is 250 cm³/mol. The van der Waals surface area contributed by atoms with E-state index in [1.165, 1.54) is 0 Å². The van der Waals surface area contributed by atoms with Gasteiger partial charge in [0.05, 0.1) is 33.0 Å². The maximum absolute atomic E-state index is 14.1. The molecule has 11 nitrogen and oxygen atoms in total. The van der Waals surface area contributed by atoms with Gasteiger partial charge in [-0.2, -0.15) is 9.97 Å². The molecule has 65 heavy (non-hydrogen) atoms. The Labute approximate surface area is 380 Å². The van der Waals surface area contributed by atoms with Gasteiger partial charge in [0.15, 0.2) is 5.82 Å². The van der Waals surface area contributed by atoms with Gasteiger partial charge >= 0.3 is 6.01 Å². The SMILES string of the molecule is C[C@H]1C(=O)Nc2c(OCc3ccccc3)nc(OCc3ccccc3)nc2N1C[C@H](OCc1ccccc1)[C@H](OCc1ccccc1)[C@@H](COCc1ccccc1)OCc1ccccc1. The first-order valence-corrected chi connectivity index (χ1v) is 22.0. The van der Waals surface area contributed by atoms with Gasteiger partial charge in [-0.15, -0.1) is 0 Å². The van der Waals surface area contributed by atoms with Crippen molar-refractivity contribution in [2.24, 2.45) is 0 Å². The van der Waals surface area contributed by atoms with Crippen molar-refractivity contribution < 1.29 is 33.2 Å². The lowest BCUT2D eigenvalue weighted by Crippen LogP contribution is -2.55. The maximum Gasteiger partial charge on any atom is 0.322 e. The van der Waals surface area contributed by atoms with Crippen LogP contribution in [0.25, 0.3) is 0 Å². The Hall–Kier alpha value is -6.89. The summed E-state index contributed by atoms with van der Waals surface area (Å²) in [6, 6.07) is 59.1. The molecule has 1 amide bonds. The number of benzene rings is 6. The molecule has 1 aliphatic heterocycles. The van der Waals surface area contributed by atoms with Crippen LogP contribution in [0.2, 0.25) is 0 Å². The second-order valence-electron chi connectivity index (χ2n) is 15.8. The second-order valence-corrected chi connectivity index (χ2v) is 15.8. The number of carbonyl (C=O) groups excluding carboxylic acids is 1. The fourth-order valence-corrected chi connectivity index (χ4v) is 7.47. The number of amides is 1. The number of nitrogens with zero attached hydrogens (tertiary/aromatic N) is 3. The first-order chi connectivity index (χ1) is 32.1. The molecule has 0 aliphatic carbocycles. The van der Waals surface area contributed by atoms with E-state index < -0.39 is 24.4 Å². The molecule has 332 valence electrons. The molecule has 2 heterocycles. The number of nitrogens with one attached hydrogen (secondary N) is 1. The highest BCUT2D eigenvalue weighted by Crippen LogP contribution is 2.39. The highest BCUT2D eigenvalue weighted by atomic mass is 16.6. The molecule has 0 radical (unpaired) electrons. The fraction of sp³-hybridized carbons (Fsp3) is 0.241. The van der Waals surface area contributed by atoms with Gasteiger partial charge < -0.3 is 38.6 Å². The van der Waals surface area contributed by atoms with Crippen molar-refractivity contribution in [3.63, 3.8) is 0 Å². The summed E-state index contributed by atoms with van der Waals surface area (Å²) in [4.78, 5) is 25.7. The molecule has 0 saturated heterocycles. The first kappa shape index (κ1) is 44.7. The topological polar surface area (TPSA) is 114 Å². The zero-order chi connectivity index (χ0) is 44.5. The average molecular weight is 871 g/mol. The highest BCUT2D eigenvalue weighted by molar-refractivity contribution is 6.03. The van der Waals surface area contributed by atoms with Crippen LogP contribution in [-0.2, 0) is 63.4 Å². The molecule has 0 bridgehead atoms. The number of anilines is 2. The molecule has 7 aromatic rings.